The Morgan fingerprint density at radius 2 is 1.98 bits per heavy atom. The van der Waals surface area contributed by atoms with Gasteiger partial charge in [0.25, 0.3) is 5.56 Å². The van der Waals surface area contributed by atoms with Gasteiger partial charge in [0.05, 0.1) is 44.4 Å². The van der Waals surface area contributed by atoms with Crippen LogP contribution in [-0.2, 0) is 12.7 Å². The van der Waals surface area contributed by atoms with Crippen molar-refractivity contribution in [3.8, 4) is 22.9 Å². The molecular formula is C33H27ClF3N5O4S. The van der Waals surface area contributed by atoms with Gasteiger partial charge in [-0.3, -0.25) is 19.2 Å². The fraction of sp³-hybridized carbons (Fsp3) is 0.303. The summed E-state index contributed by atoms with van der Waals surface area (Å²) in [6.07, 6.45) is -3.65. The Hall–Kier alpha value is -4.51. The number of fused-ring (bicyclic) bond motifs is 2. The lowest BCUT2D eigenvalue weighted by Gasteiger charge is -2.25. The first-order valence-corrected chi connectivity index (χ1v) is 15.9. The maximum absolute atomic E-state index is 14.3. The highest BCUT2D eigenvalue weighted by atomic mass is 35.5. The largest absolute Gasteiger partial charge is 0.491 e. The van der Waals surface area contributed by atoms with Crippen LogP contribution in [0.25, 0.3) is 32.2 Å². The molecule has 1 fully saturated rings. The molecule has 1 aliphatic rings. The Balaban J connectivity index is 1.39. The number of carboxylic acid groups (broad SMARTS) is 1. The Morgan fingerprint density at radius 3 is 2.64 bits per heavy atom. The number of rotatable bonds is 7. The quantitative estimate of drug-likeness (QED) is 0.189. The highest BCUT2D eigenvalue weighted by Gasteiger charge is 2.40. The van der Waals surface area contributed by atoms with E-state index in [1.165, 1.54) is 28.2 Å². The van der Waals surface area contributed by atoms with Crippen molar-refractivity contribution in [1.29, 1.82) is 5.26 Å². The zero-order valence-corrected chi connectivity index (χ0v) is 27.0. The van der Waals surface area contributed by atoms with E-state index >= 15 is 0 Å². The van der Waals surface area contributed by atoms with Crippen LogP contribution in [0.5, 0.6) is 5.75 Å². The van der Waals surface area contributed by atoms with E-state index in [4.69, 9.17) is 16.3 Å². The van der Waals surface area contributed by atoms with E-state index in [0.29, 0.717) is 57.2 Å². The molecule has 0 spiro atoms. The first-order chi connectivity index (χ1) is 22.3. The molecule has 47 heavy (non-hydrogen) atoms. The number of hydrogen-bond acceptors (Lipinski definition) is 8. The summed E-state index contributed by atoms with van der Waals surface area (Å²) < 4.78 is 51.0. The first-order valence-electron chi connectivity index (χ1n) is 14.6. The molecule has 4 heterocycles. The zero-order valence-electron chi connectivity index (χ0n) is 25.4. The number of hydrogen-bond donors (Lipinski definition) is 1. The number of carbonyl (C=O) groups is 1. The zero-order chi connectivity index (χ0) is 33.8. The maximum Gasteiger partial charge on any atom is 0.416 e. The summed E-state index contributed by atoms with van der Waals surface area (Å²) >= 11 is 7.59. The highest BCUT2D eigenvalue weighted by molar-refractivity contribution is 7.18. The van der Waals surface area contributed by atoms with E-state index in [-0.39, 0.29) is 46.6 Å². The molecule has 1 unspecified atom stereocenters. The van der Waals surface area contributed by atoms with Gasteiger partial charge in [0.15, 0.2) is 0 Å². The lowest BCUT2D eigenvalue weighted by atomic mass is 9.90. The third kappa shape index (κ3) is 5.81. The molecule has 1 saturated heterocycles. The Kier molecular flexibility index (Phi) is 8.46. The van der Waals surface area contributed by atoms with E-state index in [1.807, 2.05) is 12.1 Å². The van der Waals surface area contributed by atoms with E-state index in [1.54, 1.807) is 37.1 Å². The number of thiophene rings is 1. The van der Waals surface area contributed by atoms with Gasteiger partial charge in [0.2, 0.25) is 0 Å². The van der Waals surface area contributed by atoms with Gasteiger partial charge in [-0.15, -0.1) is 11.3 Å². The summed E-state index contributed by atoms with van der Waals surface area (Å²) in [6, 6.07) is 8.93. The molecule has 1 aliphatic heterocycles. The Labute approximate surface area is 275 Å². The van der Waals surface area contributed by atoms with Crippen molar-refractivity contribution >= 4 is 50.0 Å². The van der Waals surface area contributed by atoms with Gasteiger partial charge >= 0.3 is 12.1 Å². The summed E-state index contributed by atoms with van der Waals surface area (Å²) in [5.41, 5.74) is 0.00178. The van der Waals surface area contributed by atoms with Crippen molar-refractivity contribution in [1.82, 2.24) is 19.4 Å². The second-order valence-electron chi connectivity index (χ2n) is 11.4. The van der Waals surface area contributed by atoms with Gasteiger partial charge in [-0.05, 0) is 70.6 Å². The molecular weight excluding hydrogens is 655 g/mol. The standard InChI is InChI=1S/C33H27ClF3N5O4S/c1-16-11-20(30-29(39-16)22(15-47-30)32(44)45)19-12-18(34)6-7-26(19)46-10-9-42-17(2)40-24-13-23(33(35,36)37)27(25-5-4-8-41(25)3)21(14-38)28(24)31(42)43/h6-7,11-13,15,25H,4-5,8-10H2,1-3H3,(H,44,45). The summed E-state index contributed by atoms with van der Waals surface area (Å²) in [6.45, 7) is 3.78. The van der Waals surface area contributed by atoms with E-state index in [2.05, 4.69) is 9.97 Å². The van der Waals surface area contributed by atoms with Gasteiger partial charge in [0.1, 0.15) is 24.3 Å². The maximum atomic E-state index is 14.3. The lowest BCUT2D eigenvalue weighted by molar-refractivity contribution is -0.138. The molecule has 0 saturated carbocycles. The fourth-order valence-corrected chi connectivity index (χ4v) is 7.50. The van der Waals surface area contributed by atoms with Crippen LogP contribution in [-0.4, -0.2) is 50.7 Å². The molecule has 0 bridgehead atoms. The number of aromatic carboxylic acids is 1. The molecule has 0 radical (unpaired) electrons. The molecule has 2 aromatic carbocycles. The van der Waals surface area contributed by atoms with Gasteiger partial charge in [-0.2, -0.15) is 18.4 Å². The second-order valence-corrected chi connectivity index (χ2v) is 12.7. The van der Waals surface area contributed by atoms with Crippen molar-refractivity contribution in [2.45, 2.75) is 45.5 Å². The number of pyridine rings is 1. The molecule has 1 N–H and O–H groups in total. The minimum absolute atomic E-state index is 0.0207. The molecule has 14 heteroatoms. The SMILES string of the molecule is Cc1cc(-c2cc(Cl)ccc2OCCn2c(C)nc3cc(C(F)(F)F)c(C4CCCN4C)c(C#N)c3c2=O)c2scc(C(=O)O)c2n1. The molecule has 0 aliphatic carbocycles. The number of aromatic nitrogens is 3. The minimum Gasteiger partial charge on any atom is -0.491 e. The monoisotopic (exact) mass is 681 g/mol. The third-order valence-corrected chi connectivity index (χ3v) is 9.67. The van der Waals surface area contributed by atoms with Gasteiger partial charge in [-0.25, -0.2) is 9.78 Å². The van der Waals surface area contributed by atoms with Crippen LogP contribution in [0.2, 0.25) is 5.02 Å². The summed E-state index contributed by atoms with van der Waals surface area (Å²) in [7, 11) is 1.71. The van der Waals surface area contributed by atoms with E-state index in [9.17, 15) is 33.1 Å². The third-order valence-electron chi connectivity index (χ3n) is 8.43. The second kappa shape index (κ2) is 12.3. The van der Waals surface area contributed by atoms with Crippen LogP contribution in [0.1, 0.15) is 57.5 Å². The fourth-order valence-electron chi connectivity index (χ4n) is 6.31. The van der Waals surface area contributed by atoms with Gasteiger partial charge < -0.3 is 9.84 Å². The normalized spacial score (nSPS) is 15.4. The van der Waals surface area contributed by atoms with Crippen molar-refractivity contribution < 1.29 is 27.8 Å². The van der Waals surface area contributed by atoms with E-state index in [0.717, 1.165) is 6.07 Å². The van der Waals surface area contributed by atoms with Gasteiger partial charge in [0, 0.05) is 38.8 Å². The number of alkyl halides is 3. The van der Waals surface area contributed by atoms with Crippen molar-refractivity contribution in [2.75, 3.05) is 20.2 Å². The number of ether oxygens (including phenoxy) is 1. The average Bonchev–Trinajstić information content (AvgIpc) is 3.63. The topological polar surface area (TPSA) is 121 Å². The molecule has 5 aromatic rings. The number of carboxylic acids is 1. The number of aryl methyl sites for hydroxylation is 2. The van der Waals surface area contributed by atoms with Crippen LogP contribution in [0, 0.1) is 25.2 Å². The Bertz CT molecular complexity index is 2190. The summed E-state index contributed by atoms with van der Waals surface area (Å²) in [4.78, 5) is 36.2. The number of halogens is 4. The van der Waals surface area contributed by atoms with Crippen LogP contribution >= 0.6 is 22.9 Å². The smallest absolute Gasteiger partial charge is 0.416 e. The first kappa shape index (κ1) is 32.4. The number of nitriles is 1. The van der Waals surface area contributed by atoms with Gasteiger partial charge in [-0.1, -0.05) is 11.6 Å². The lowest BCUT2D eigenvalue weighted by Crippen LogP contribution is -2.29. The molecule has 0 amide bonds. The predicted octanol–water partition coefficient (Wildman–Crippen LogP) is 7.38. The number of nitrogens with zero attached hydrogens (tertiary/aromatic N) is 5. The van der Waals surface area contributed by atoms with Crippen molar-refractivity contribution in [3.05, 3.63) is 84.9 Å². The van der Waals surface area contributed by atoms with Crippen molar-refractivity contribution in [2.24, 2.45) is 0 Å². The Morgan fingerprint density at radius 1 is 1.21 bits per heavy atom. The summed E-state index contributed by atoms with van der Waals surface area (Å²) in [5.74, 6) is -0.522. The highest BCUT2D eigenvalue weighted by Crippen LogP contribution is 2.44. The molecule has 242 valence electrons. The molecule has 3 aromatic heterocycles. The molecule has 1 atom stereocenters. The van der Waals surface area contributed by atoms with Crippen LogP contribution in [0.4, 0.5) is 13.2 Å². The van der Waals surface area contributed by atoms with Crippen LogP contribution < -0.4 is 10.3 Å². The van der Waals surface area contributed by atoms with E-state index < -0.39 is 29.3 Å². The molecule has 9 nitrogen and oxygen atoms in total. The minimum atomic E-state index is -4.75. The van der Waals surface area contributed by atoms with Crippen LogP contribution in [0.3, 0.4) is 0 Å². The molecule has 6 rings (SSSR count). The number of benzene rings is 2. The average molecular weight is 682 g/mol. The number of likely N-dealkylation sites (tertiary alicyclic amines) is 1. The van der Waals surface area contributed by atoms with Crippen molar-refractivity contribution in [3.63, 3.8) is 0 Å². The van der Waals surface area contributed by atoms with Crippen LogP contribution in [0.15, 0.2) is 40.5 Å². The summed E-state index contributed by atoms with van der Waals surface area (Å²) in [5, 5.41) is 21.6. The predicted molar refractivity (Wildman–Crippen MR) is 172 cm³/mol.